The molecule has 1 aromatic carbocycles. The predicted octanol–water partition coefficient (Wildman–Crippen LogP) is 4.69. The molecule has 0 bridgehead atoms. The molecule has 1 N–H and O–H groups in total. The van der Waals surface area contributed by atoms with Crippen LogP contribution in [0.1, 0.15) is 25.3 Å². The van der Waals surface area contributed by atoms with Gasteiger partial charge in [0.15, 0.2) is 0 Å². The Kier molecular flexibility index (Phi) is 4.96. The molecule has 0 spiro atoms. The quantitative estimate of drug-likeness (QED) is 0.852. The molecule has 0 aromatic heterocycles. The van der Waals surface area contributed by atoms with Crippen molar-refractivity contribution < 1.29 is 17.9 Å². The van der Waals surface area contributed by atoms with Crippen molar-refractivity contribution in [3.8, 4) is 0 Å². The lowest BCUT2D eigenvalue weighted by Gasteiger charge is -2.30. The summed E-state index contributed by atoms with van der Waals surface area (Å²) in [6.45, 7) is 3.29. The van der Waals surface area contributed by atoms with Crippen LogP contribution in [-0.2, 0) is 10.9 Å². The van der Waals surface area contributed by atoms with E-state index in [9.17, 15) is 13.2 Å². The van der Waals surface area contributed by atoms with Gasteiger partial charge in [-0.25, -0.2) is 0 Å². The normalized spacial score (nSPS) is 18.9. The lowest BCUT2D eigenvalue weighted by molar-refractivity contribution is -0.137. The molecule has 2 rings (SSSR count). The molecule has 1 aliphatic heterocycles. The van der Waals surface area contributed by atoms with E-state index in [0.29, 0.717) is 23.6 Å². The molecular formula is C14H17BrF3NO. The minimum absolute atomic E-state index is 0.0192. The molecule has 1 aromatic rings. The van der Waals surface area contributed by atoms with Gasteiger partial charge >= 0.3 is 6.18 Å². The lowest BCUT2D eigenvalue weighted by Crippen LogP contribution is -2.31. The van der Waals surface area contributed by atoms with Crippen molar-refractivity contribution in [2.24, 2.45) is 5.92 Å². The summed E-state index contributed by atoms with van der Waals surface area (Å²) in [5.74, 6) is 0.337. The predicted molar refractivity (Wildman–Crippen MR) is 75.8 cm³/mol. The van der Waals surface area contributed by atoms with Crippen LogP contribution in [0.2, 0.25) is 0 Å². The summed E-state index contributed by atoms with van der Waals surface area (Å²) in [4.78, 5) is 0. The van der Waals surface area contributed by atoms with Gasteiger partial charge < -0.3 is 10.1 Å². The van der Waals surface area contributed by atoms with Gasteiger partial charge in [-0.2, -0.15) is 13.2 Å². The summed E-state index contributed by atoms with van der Waals surface area (Å²) in [5, 5.41) is 3.02. The van der Waals surface area contributed by atoms with Gasteiger partial charge in [0, 0.05) is 29.4 Å². The second kappa shape index (κ2) is 6.35. The van der Waals surface area contributed by atoms with Gasteiger partial charge in [-0.15, -0.1) is 0 Å². The van der Waals surface area contributed by atoms with E-state index in [1.54, 1.807) is 0 Å². The lowest BCUT2D eigenvalue weighted by atomic mass is 9.92. The highest BCUT2D eigenvalue weighted by molar-refractivity contribution is 9.10. The van der Waals surface area contributed by atoms with Crippen LogP contribution in [0, 0.1) is 5.92 Å². The van der Waals surface area contributed by atoms with Gasteiger partial charge in [-0.05, 0) is 43.9 Å². The minimum Gasteiger partial charge on any atom is -0.382 e. The van der Waals surface area contributed by atoms with E-state index >= 15 is 0 Å². The van der Waals surface area contributed by atoms with Crippen molar-refractivity contribution in [2.75, 3.05) is 18.5 Å². The maximum atomic E-state index is 13.0. The fourth-order valence-electron chi connectivity index (χ4n) is 2.46. The van der Waals surface area contributed by atoms with E-state index in [1.165, 1.54) is 12.1 Å². The summed E-state index contributed by atoms with van der Waals surface area (Å²) < 4.78 is 44.9. The largest absolute Gasteiger partial charge is 0.418 e. The van der Waals surface area contributed by atoms with Gasteiger partial charge in [0.2, 0.25) is 0 Å². The zero-order valence-corrected chi connectivity index (χ0v) is 12.7. The van der Waals surface area contributed by atoms with Gasteiger partial charge in [0.05, 0.1) is 5.56 Å². The Morgan fingerprint density at radius 2 is 1.95 bits per heavy atom. The Balaban J connectivity index is 2.17. The third kappa shape index (κ3) is 3.88. The first-order valence-corrected chi connectivity index (χ1v) is 7.38. The second-order valence-corrected chi connectivity index (χ2v) is 5.99. The molecule has 0 radical (unpaired) electrons. The SMILES string of the molecule is CC(Nc1cc(Br)ccc1C(F)(F)F)C1CCOCC1. The highest BCUT2D eigenvalue weighted by Gasteiger charge is 2.34. The summed E-state index contributed by atoms with van der Waals surface area (Å²) in [5.41, 5.74) is -0.495. The third-order valence-electron chi connectivity index (χ3n) is 3.64. The second-order valence-electron chi connectivity index (χ2n) is 5.07. The van der Waals surface area contributed by atoms with Crippen LogP contribution in [0.5, 0.6) is 0 Å². The van der Waals surface area contributed by atoms with E-state index < -0.39 is 11.7 Å². The summed E-state index contributed by atoms with van der Waals surface area (Å²) in [6.07, 6.45) is -2.59. The van der Waals surface area contributed by atoms with Crippen molar-refractivity contribution in [3.05, 3.63) is 28.2 Å². The molecule has 0 aliphatic carbocycles. The van der Waals surface area contributed by atoms with Crippen LogP contribution in [0.25, 0.3) is 0 Å². The highest BCUT2D eigenvalue weighted by Crippen LogP contribution is 2.37. The average molecular weight is 352 g/mol. The fraction of sp³-hybridized carbons (Fsp3) is 0.571. The first kappa shape index (κ1) is 15.6. The number of halogens is 4. The maximum Gasteiger partial charge on any atom is 0.418 e. The fourth-order valence-corrected chi connectivity index (χ4v) is 2.82. The van der Waals surface area contributed by atoms with Crippen molar-refractivity contribution >= 4 is 21.6 Å². The first-order chi connectivity index (χ1) is 9.38. The number of benzene rings is 1. The topological polar surface area (TPSA) is 21.3 Å². The van der Waals surface area contributed by atoms with Crippen LogP contribution in [-0.4, -0.2) is 19.3 Å². The number of alkyl halides is 3. The number of hydrogen-bond donors (Lipinski definition) is 1. The van der Waals surface area contributed by atoms with Crippen LogP contribution in [0.3, 0.4) is 0 Å². The molecule has 1 fully saturated rings. The van der Waals surface area contributed by atoms with Crippen LogP contribution < -0.4 is 5.32 Å². The van der Waals surface area contributed by atoms with Gasteiger partial charge in [0.1, 0.15) is 0 Å². The highest BCUT2D eigenvalue weighted by atomic mass is 79.9. The summed E-state index contributed by atoms with van der Waals surface area (Å²) >= 11 is 3.22. The van der Waals surface area contributed by atoms with Crippen molar-refractivity contribution in [1.82, 2.24) is 0 Å². The molecule has 1 saturated heterocycles. The van der Waals surface area contributed by atoms with Crippen molar-refractivity contribution in [1.29, 1.82) is 0 Å². The minimum atomic E-state index is -4.35. The molecule has 1 aliphatic rings. The zero-order chi connectivity index (χ0) is 14.8. The Morgan fingerprint density at radius 1 is 1.30 bits per heavy atom. The number of anilines is 1. The van der Waals surface area contributed by atoms with E-state index in [0.717, 1.165) is 18.9 Å². The maximum absolute atomic E-state index is 13.0. The molecule has 112 valence electrons. The Bertz CT molecular complexity index is 458. The standard InChI is InChI=1S/C14H17BrF3NO/c1-9(10-4-6-20-7-5-10)19-13-8-11(15)2-3-12(13)14(16,17)18/h2-3,8-10,19H,4-7H2,1H3. The Morgan fingerprint density at radius 3 is 2.55 bits per heavy atom. The molecule has 0 saturated carbocycles. The number of rotatable bonds is 3. The molecule has 2 nitrogen and oxygen atoms in total. The van der Waals surface area contributed by atoms with E-state index in [1.807, 2.05) is 6.92 Å². The first-order valence-electron chi connectivity index (χ1n) is 6.59. The summed E-state index contributed by atoms with van der Waals surface area (Å²) in [6, 6.07) is 3.98. The molecular weight excluding hydrogens is 335 g/mol. The monoisotopic (exact) mass is 351 g/mol. The number of ether oxygens (including phenoxy) is 1. The van der Waals surface area contributed by atoms with E-state index in [2.05, 4.69) is 21.2 Å². The van der Waals surface area contributed by atoms with E-state index in [-0.39, 0.29) is 11.7 Å². The molecule has 0 amide bonds. The molecule has 20 heavy (non-hydrogen) atoms. The Labute approximate surface area is 124 Å². The molecule has 1 unspecified atom stereocenters. The van der Waals surface area contributed by atoms with Crippen LogP contribution >= 0.6 is 15.9 Å². The third-order valence-corrected chi connectivity index (χ3v) is 4.14. The zero-order valence-electron chi connectivity index (χ0n) is 11.1. The van der Waals surface area contributed by atoms with Crippen molar-refractivity contribution in [3.63, 3.8) is 0 Å². The van der Waals surface area contributed by atoms with Gasteiger partial charge in [-0.1, -0.05) is 15.9 Å². The molecule has 1 atom stereocenters. The Hall–Kier alpha value is -0.750. The number of nitrogens with one attached hydrogen (secondary N) is 1. The smallest absolute Gasteiger partial charge is 0.382 e. The van der Waals surface area contributed by atoms with Crippen LogP contribution in [0.4, 0.5) is 18.9 Å². The average Bonchev–Trinajstić information content (AvgIpc) is 2.38. The molecule has 1 heterocycles. The molecule has 6 heteroatoms. The van der Waals surface area contributed by atoms with Gasteiger partial charge in [0.25, 0.3) is 0 Å². The van der Waals surface area contributed by atoms with Gasteiger partial charge in [-0.3, -0.25) is 0 Å². The van der Waals surface area contributed by atoms with E-state index in [4.69, 9.17) is 4.74 Å². The van der Waals surface area contributed by atoms with Crippen LogP contribution in [0.15, 0.2) is 22.7 Å². The summed E-state index contributed by atoms with van der Waals surface area (Å²) in [7, 11) is 0. The number of hydrogen-bond acceptors (Lipinski definition) is 2. The van der Waals surface area contributed by atoms with Crippen molar-refractivity contribution in [2.45, 2.75) is 32.0 Å².